The summed E-state index contributed by atoms with van der Waals surface area (Å²) >= 11 is 0. The highest BCUT2D eigenvalue weighted by molar-refractivity contribution is 4.95. The van der Waals surface area contributed by atoms with E-state index < -0.39 is 0 Å². The van der Waals surface area contributed by atoms with E-state index in [1.165, 1.54) is 5.70 Å². The van der Waals surface area contributed by atoms with Crippen molar-refractivity contribution in [1.29, 1.82) is 0 Å². The highest BCUT2D eigenvalue weighted by atomic mass is 15.4. The van der Waals surface area contributed by atoms with E-state index in [1.807, 2.05) is 13.8 Å². The van der Waals surface area contributed by atoms with Crippen LogP contribution in [0.5, 0.6) is 0 Å². The zero-order valence-corrected chi connectivity index (χ0v) is 8.09. The van der Waals surface area contributed by atoms with Gasteiger partial charge in [-0.05, 0) is 26.2 Å². The first-order chi connectivity index (χ1) is 5.07. The second-order valence-electron chi connectivity index (χ2n) is 3.26. The summed E-state index contributed by atoms with van der Waals surface area (Å²) in [6, 6.07) is 0. The minimum atomic E-state index is 0.718. The van der Waals surface area contributed by atoms with Crippen LogP contribution < -0.4 is 5.84 Å². The van der Waals surface area contributed by atoms with Gasteiger partial charge in [-0.2, -0.15) is 0 Å². The Morgan fingerprint density at radius 3 is 2.45 bits per heavy atom. The first kappa shape index (κ1) is 10.5. The van der Waals surface area contributed by atoms with Crippen LogP contribution >= 0.6 is 0 Å². The summed E-state index contributed by atoms with van der Waals surface area (Å²) in [5, 5.41) is 1.77. The molecule has 2 heteroatoms. The molecule has 0 bridgehead atoms. The molecular formula is C9H20N2. The maximum atomic E-state index is 5.67. The molecule has 0 unspecified atom stereocenters. The van der Waals surface area contributed by atoms with Crippen LogP contribution in [0.4, 0.5) is 0 Å². The fourth-order valence-electron chi connectivity index (χ4n) is 0.773. The summed E-state index contributed by atoms with van der Waals surface area (Å²) in [4.78, 5) is 0. The number of nitrogens with two attached hydrogens (primary N) is 1. The van der Waals surface area contributed by atoms with Gasteiger partial charge in [0.25, 0.3) is 0 Å². The summed E-state index contributed by atoms with van der Waals surface area (Å²) in [6.07, 6.45) is 3.30. The Balaban J connectivity index is 3.79. The van der Waals surface area contributed by atoms with E-state index in [-0.39, 0.29) is 0 Å². The molecule has 0 atom stereocenters. The van der Waals surface area contributed by atoms with E-state index in [9.17, 15) is 0 Å². The molecule has 0 radical (unpaired) electrons. The monoisotopic (exact) mass is 156 g/mol. The van der Waals surface area contributed by atoms with Gasteiger partial charge in [0, 0.05) is 12.2 Å². The second-order valence-corrected chi connectivity index (χ2v) is 3.26. The maximum Gasteiger partial charge on any atom is 0.0309 e. The lowest BCUT2D eigenvalue weighted by Crippen LogP contribution is -2.28. The maximum absolute atomic E-state index is 5.67. The minimum absolute atomic E-state index is 0.718. The number of hydrogen-bond acceptors (Lipinski definition) is 2. The van der Waals surface area contributed by atoms with E-state index in [2.05, 4.69) is 19.9 Å². The number of nitrogens with zero attached hydrogens (tertiary/aromatic N) is 1. The van der Waals surface area contributed by atoms with Crippen LogP contribution in [-0.2, 0) is 0 Å². The van der Waals surface area contributed by atoms with Crippen LogP contribution in [0.2, 0.25) is 0 Å². The topological polar surface area (TPSA) is 29.3 Å². The average molecular weight is 156 g/mol. The Bertz CT molecular complexity index is 128. The predicted molar refractivity (Wildman–Crippen MR) is 49.8 cm³/mol. The van der Waals surface area contributed by atoms with Crippen molar-refractivity contribution in [2.75, 3.05) is 6.54 Å². The Kier molecular flexibility index (Phi) is 4.95. The lowest BCUT2D eigenvalue weighted by molar-refractivity contribution is 0.377. The van der Waals surface area contributed by atoms with Crippen molar-refractivity contribution in [2.45, 2.75) is 34.1 Å². The summed E-state index contributed by atoms with van der Waals surface area (Å²) in [5.74, 6) is 6.39. The molecule has 0 aliphatic carbocycles. The lowest BCUT2D eigenvalue weighted by Gasteiger charge is -2.16. The van der Waals surface area contributed by atoms with Gasteiger partial charge >= 0.3 is 0 Å². The molecule has 2 N–H and O–H groups in total. The van der Waals surface area contributed by atoms with Crippen molar-refractivity contribution in [3.63, 3.8) is 0 Å². The zero-order valence-electron chi connectivity index (χ0n) is 8.09. The van der Waals surface area contributed by atoms with Crippen molar-refractivity contribution < 1.29 is 0 Å². The van der Waals surface area contributed by atoms with E-state index in [0.29, 0.717) is 0 Å². The molecule has 0 aromatic rings. The zero-order chi connectivity index (χ0) is 8.85. The molecule has 0 aromatic carbocycles. The highest BCUT2D eigenvalue weighted by Crippen LogP contribution is 2.05. The van der Waals surface area contributed by atoms with Gasteiger partial charge in [-0.1, -0.05) is 19.9 Å². The van der Waals surface area contributed by atoms with Gasteiger partial charge in [0.2, 0.25) is 0 Å². The van der Waals surface area contributed by atoms with Gasteiger partial charge in [-0.25, -0.2) is 5.84 Å². The Hall–Kier alpha value is -0.500. The third kappa shape index (κ3) is 4.85. The van der Waals surface area contributed by atoms with E-state index in [1.54, 1.807) is 5.01 Å². The van der Waals surface area contributed by atoms with Gasteiger partial charge in [-0.15, -0.1) is 0 Å². The van der Waals surface area contributed by atoms with Gasteiger partial charge < -0.3 is 5.01 Å². The molecule has 11 heavy (non-hydrogen) atoms. The number of hydrazine groups is 1. The van der Waals surface area contributed by atoms with Crippen LogP contribution in [0, 0.1) is 5.92 Å². The van der Waals surface area contributed by atoms with Crippen LogP contribution in [0.15, 0.2) is 11.8 Å². The molecule has 0 amide bonds. The third-order valence-corrected chi connectivity index (χ3v) is 1.68. The largest absolute Gasteiger partial charge is 0.316 e. The predicted octanol–water partition coefficient (Wildman–Crippen LogP) is 2.13. The number of rotatable bonds is 4. The Morgan fingerprint density at radius 2 is 2.09 bits per heavy atom. The summed E-state index contributed by atoms with van der Waals surface area (Å²) in [5.41, 5.74) is 1.17. The van der Waals surface area contributed by atoms with Crippen LogP contribution in [0.3, 0.4) is 0 Å². The fourth-order valence-corrected chi connectivity index (χ4v) is 0.773. The number of allylic oxidation sites excluding steroid dienone is 2. The van der Waals surface area contributed by atoms with Crippen LogP contribution in [0.25, 0.3) is 0 Å². The second kappa shape index (κ2) is 5.19. The number of hydrogen-bond donors (Lipinski definition) is 1. The van der Waals surface area contributed by atoms with Crippen molar-refractivity contribution in [3.05, 3.63) is 11.8 Å². The van der Waals surface area contributed by atoms with Crippen LogP contribution in [0.1, 0.15) is 34.1 Å². The average Bonchev–Trinajstić information content (AvgIpc) is 1.98. The van der Waals surface area contributed by atoms with E-state index in [4.69, 9.17) is 5.84 Å². The van der Waals surface area contributed by atoms with Crippen molar-refractivity contribution >= 4 is 0 Å². The highest BCUT2D eigenvalue weighted by Gasteiger charge is 1.95. The van der Waals surface area contributed by atoms with Crippen LogP contribution in [-0.4, -0.2) is 11.6 Å². The lowest BCUT2D eigenvalue weighted by atomic mass is 10.1. The minimum Gasteiger partial charge on any atom is -0.316 e. The molecule has 0 spiro atoms. The first-order valence-electron chi connectivity index (χ1n) is 4.27. The Morgan fingerprint density at radius 1 is 1.55 bits per heavy atom. The molecule has 0 aliphatic heterocycles. The molecule has 0 aromatic heterocycles. The van der Waals surface area contributed by atoms with Gasteiger partial charge in [0.05, 0.1) is 0 Å². The molecule has 0 saturated carbocycles. The van der Waals surface area contributed by atoms with Gasteiger partial charge in [0.1, 0.15) is 0 Å². The molecule has 0 heterocycles. The first-order valence-corrected chi connectivity index (χ1v) is 4.27. The molecule has 2 nitrogen and oxygen atoms in total. The third-order valence-electron chi connectivity index (χ3n) is 1.68. The quantitative estimate of drug-likeness (QED) is 0.499. The Labute approximate surface area is 70.0 Å². The fraction of sp³-hybridized carbons (Fsp3) is 0.778. The van der Waals surface area contributed by atoms with Crippen molar-refractivity contribution in [1.82, 2.24) is 5.01 Å². The van der Waals surface area contributed by atoms with Crippen molar-refractivity contribution in [2.24, 2.45) is 11.8 Å². The molecule has 66 valence electrons. The molecule has 0 saturated heterocycles. The van der Waals surface area contributed by atoms with Gasteiger partial charge in [-0.3, -0.25) is 0 Å². The molecule has 0 fully saturated rings. The summed E-state index contributed by atoms with van der Waals surface area (Å²) in [6.45, 7) is 9.38. The van der Waals surface area contributed by atoms with E-state index >= 15 is 0 Å². The standard InChI is InChI=1S/C9H20N2/c1-5-11(10)9(4)7-6-8(2)3/h7-8H,5-6,10H2,1-4H3/b9-7-. The SMILES string of the molecule is CCN(N)/C(C)=C\CC(C)C. The van der Waals surface area contributed by atoms with Gasteiger partial charge in [0.15, 0.2) is 0 Å². The normalized spacial score (nSPS) is 12.4. The molecular weight excluding hydrogens is 136 g/mol. The summed E-state index contributed by atoms with van der Waals surface area (Å²) < 4.78 is 0. The molecule has 0 aliphatic rings. The van der Waals surface area contributed by atoms with E-state index in [0.717, 1.165) is 18.9 Å². The summed E-state index contributed by atoms with van der Waals surface area (Å²) in [7, 11) is 0. The molecule has 0 rings (SSSR count). The smallest absolute Gasteiger partial charge is 0.0309 e. The van der Waals surface area contributed by atoms with Crippen molar-refractivity contribution in [3.8, 4) is 0 Å².